The van der Waals surface area contributed by atoms with Gasteiger partial charge >= 0.3 is 0 Å². The molecule has 2 aliphatic carbocycles. The van der Waals surface area contributed by atoms with Gasteiger partial charge in [0.1, 0.15) is 17.3 Å². The molecule has 0 unspecified atom stereocenters. The van der Waals surface area contributed by atoms with Crippen LogP contribution in [-0.2, 0) is 16.0 Å². The third-order valence-electron chi connectivity index (χ3n) is 9.45. The molecule has 0 bridgehead atoms. The lowest BCUT2D eigenvalue weighted by Gasteiger charge is -2.70. The van der Waals surface area contributed by atoms with E-state index in [1.807, 2.05) is 45.9 Å². The summed E-state index contributed by atoms with van der Waals surface area (Å²) in [7, 11) is 1.62. The number of benzene rings is 1. The Morgan fingerprint density at radius 1 is 1.24 bits per heavy atom. The van der Waals surface area contributed by atoms with Crippen LogP contribution >= 0.6 is 0 Å². The number of aliphatic hydroxyl groups is 1. The molecule has 3 fully saturated rings. The van der Waals surface area contributed by atoms with Gasteiger partial charge in [-0.25, -0.2) is 0 Å². The summed E-state index contributed by atoms with van der Waals surface area (Å²) in [6, 6.07) is 3.65. The molecule has 1 spiro atoms. The number of fused-ring (bicyclic) bond motifs is 2. The van der Waals surface area contributed by atoms with E-state index in [1.54, 1.807) is 7.11 Å². The minimum atomic E-state index is -0.641. The van der Waals surface area contributed by atoms with Crippen LogP contribution in [0.1, 0.15) is 77.8 Å². The van der Waals surface area contributed by atoms with E-state index >= 15 is 0 Å². The van der Waals surface area contributed by atoms with E-state index in [-0.39, 0.29) is 28.3 Å². The molecule has 5 nitrogen and oxygen atoms in total. The largest absolute Gasteiger partial charge is 0.507 e. The topological polar surface area (TPSA) is 76.0 Å². The number of rotatable bonds is 6. The molecule has 3 aliphatic rings. The maximum atomic E-state index is 13.8. The average Bonchev–Trinajstić information content (AvgIpc) is 3.14. The first-order chi connectivity index (χ1) is 15.3. The van der Waals surface area contributed by atoms with Crippen LogP contribution in [0.3, 0.4) is 0 Å². The van der Waals surface area contributed by atoms with Crippen molar-refractivity contribution in [3.63, 3.8) is 0 Å². The van der Waals surface area contributed by atoms with Gasteiger partial charge in [0.25, 0.3) is 0 Å². The van der Waals surface area contributed by atoms with E-state index in [0.29, 0.717) is 25.0 Å². The number of carbonyl (C=O) groups excluding carboxylic acids is 1. The normalized spacial score (nSPS) is 37.2. The van der Waals surface area contributed by atoms with Crippen molar-refractivity contribution >= 4 is 5.78 Å². The quantitative estimate of drug-likeness (QED) is 0.570. The SMILES string of the molecule is COc1cc(C)c(O)c(C/C=C(\C)CC(=O)[C@H]2[C@@]3(C[C@@H](O)C(C)(C)O3)[C@]3(C)CCC[C@]23C)c1. The van der Waals surface area contributed by atoms with E-state index in [9.17, 15) is 15.0 Å². The smallest absolute Gasteiger partial charge is 0.143 e. The number of Topliss-reactive ketones (excluding diaryl/α,β-unsaturated/α-hetero) is 1. The highest BCUT2D eigenvalue weighted by atomic mass is 16.6. The Hall–Kier alpha value is -1.85. The number of carbonyl (C=O) groups is 1. The Bertz CT molecular complexity index is 994. The number of phenols is 1. The molecule has 5 heteroatoms. The Balaban J connectivity index is 1.56. The summed E-state index contributed by atoms with van der Waals surface area (Å²) in [6.07, 6.45) is 6.06. The first kappa shape index (κ1) is 24.3. The van der Waals surface area contributed by atoms with Crippen molar-refractivity contribution in [1.82, 2.24) is 0 Å². The summed E-state index contributed by atoms with van der Waals surface area (Å²) >= 11 is 0. The molecule has 0 aromatic heterocycles. The number of ketones is 1. The van der Waals surface area contributed by atoms with Crippen LogP contribution in [0.25, 0.3) is 0 Å². The third-order valence-corrected chi connectivity index (χ3v) is 9.45. The van der Waals surface area contributed by atoms with Crippen molar-refractivity contribution in [2.24, 2.45) is 16.7 Å². The fourth-order valence-corrected chi connectivity index (χ4v) is 7.35. The van der Waals surface area contributed by atoms with Crippen LogP contribution in [-0.4, -0.2) is 40.4 Å². The van der Waals surface area contributed by atoms with Crippen molar-refractivity contribution < 1.29 is 24.5 Å². The average molecular weight is 457 g/mol. The first-order valence-electron chi connectivity index (χ1n) is 12.2. The Morgan fingerprint density at radius 3 is 2.55 bits per heavy atom. The molecule has 1 aromatic carbocycles. The van der Waals surface area contributed by atoms with Crippen molar-refractivity contribution in [2.75, 3.05) is 7.11 Å². The van der Waals surface area contributed by atoms with E-state index in [0.717, 1.165) is 36.0 Å². The van der Waals surface area contributed by atoms with Gasteiger partial charge in [-0.15, -0.1) is 0 Å². The zero-order chi connectivity index (χ0) is 24.4. The van der Waals surface area contributed by atoms with Crippen molar-refractivity contribution in [2.45, 2.75) is 97.4 Å². The molecule has 4 rings (SSSR count). The van der Waals surface area contributed by atoms with Crippen LogP contribution < -0.4 is 4.74 Å². The highest BCUT2D eigenvalue weighted by Crippen LogP contribution is 2.78. The lowest BCUT2D eigenvalue weighted by molar-refractivity contribution is -0.304. The lowest BCUT2D eigenvalue weighted by Crippen LogP contribution is -2.75. The van der Waals surface area contributed by atoms with Crippen LogP contribution in [0.2, 0.25) is 0 Å². The summed E-state index contributed by atoms with van der Waals surface area (Å²) in [5.74, 6) is 0.993. The molecule has 0 radical (unpaired) electrons. The fourth-order valence-electron chi connectivity index (χ4n) is 7.35. The summed E-state index contributed by atoms with van der Waals surface area (Å²) in [5.41, 5.74) is 1.15. The second-order valence-electron chi connectivity index (χ2n) is 11.7. The molecule has 33 heavy (non-hydrogen) atoms. The fraction of sp³-hybridized carbons (Fsp3) is 0.679. The summed E-state index contributed by atoms with van der Waals surface area (Å²) in [5, 5.41) is 21.2. The first-order valence-corrected chi connectivity index (χ1v) is 12.2. The number of hydrogen-bond donors (Lipinski definition) is 2. The standard InChI is InChI=1S/C28H40O5/c1-17(9-10-19-15-20(32-7)14-18(2)23(19)31)13-21(29)24-26(5)11-8-12-27(26,6)28(24)16-22(30)25(3,4)33-28/h9,14-15,22,24,30-31H,8,10-13,16H2,1-7H3/b17-9+/t22-,24-,26-,27-,28+/m1/s1. The number of methoxy groups -OCH3 is 1. The van der Waals surface area contributed by atoms with E-state index in [4.69, 9.17) is 9.47 Å². The van der Waals surface area contributed by atoms with Gasteiger partial charge in [0, 0.05) is 23.8 Å². The van der Waals surface area contributed by atoms with Gasteiger partial charge in [-0.05, 0) is 70.1 Å². The summed E-state index contributed by atoms with van der Waals surface area (Å²) in [6.45, 7) is 12.2. The highest BCUT2D eigenvalue weighted by Gasteiger charge is 2.82. The van der Waals surface area contributed by atoms with Gasteiger partial charge in [0.15, 0.2) is 0 Å². The van der Waals surface area contributed by atoms with Crippen molar-refractivity contribution in [1.29, 1.82) is 0 Å². The van der Waals surface area contributed by atoms with Crippen LogP contribution in [0.5, 0.6) is 11.5 Å². The highest BCUT2D eigenvalue weighted by molar-refractivity contribution is 5.87. The molecule has 2 N–H and O–H groups in total. The maximum Gasteiger partial charge on any atom is 0.143 e. The molecule has 1 heterocycles. The predicted octanol–water partition coefficient (Wildman–Crippen LogP) is 5.28. The van der Waals surface area contributed by atoms with Gasteiger partial charge in [0.05, 0.1) is 30.3 Å². The number of aromatic hydroxyl groups is 1. The van der Waals surface area contributed by atoms with Crippen molar-refractivity contribution in [3.05, 3.63) is 34.9 Å². The van der Waals surface area contributed by atoms with Crippen LogP contribution in [0.4, 0.5) is 0 Å². The minimum absolute atomic E-state index is 0.0867. The minimum Gasteiger partial charge on any atom is -0.507 e. The van der Waals surface area contributed by atoms with Crippen molar-refractivity contribution in [3.8, 4) is 11.5 Å². The number of aryl methyl sites for hydroxylation is 1. The molecule has 5 atom stereocenters. The Morgan fingerprint density at radius 2 is 1.94 bits per heavy atom. The van der Waals surface area contributed by atoms with E-state index in [1.165, 1.54) is 0 Å². The molecular formula is C28H40O5. The Labute approximate surface area is 198 Å². The monoisotopic (exact) mass is 456 g/mol. The van der Waals surface area contributed by atoms with Gasteiger partial charge in [-0.3, -0.25) is 4.79 Å². The third kappa shape index (κ3) is 3.37. The molecule has 1 aliphatic heterocycles. The zero-order valence-electron chi connectivity index (χ0n) is 21.2. The van der Waals surface area contributed by atoms with Gasteiger partial charge < -0.3 is 19.7 Å². The second kappa shape index (κ2) is 7.84. The van der Waals surface area contributed by atoms with E-state index in [2.05, 4.69) is 13.8 Å². The van der Waals surface area contributed by atoms with Crippen LogP contribution in [0, 0.1) is 23.7 Å². The molecule has 2 saturated carbocycles. The maximum absolute atomic E-state index is 13.8. The second-order valence-corrected chi connectivity index (χ2v) is 11.7. The lowest BCUT2D eigenvalue weighted by atomic mass is 9.36. The van der Waals surface area contributed by atoms with Gasteiger partial charge in [0.2, 0.25) is 0 Å². The molecule has 182 valence electrons. The number of allylic oxidation sites excluding steroid dienone is 2. The van der Waals surface area contributed by atoms with Gasteiger partial charge in [-0.1, -0.05) is 31.9 Å². The summed E-state index contributed by atoms with van der Waals surface area (Å²) in [4.78, 5) is 13.8. The van der Waals surface area contributed by atoms with Crippen LogP contribution in [0.15, 0.2) is 23.8 Å². The summed E-state index contributed by atoms with van der Waals surface area (Å²) < 4.78 is 12.0. The van der Waals surface area contributed by atoms with E-state index < -0.39 is 17.3 Å². The zero-order valence-corrected chi connectivity index (χ0v) is 21.2. The number of phenolic OH excluding ortho intramolecular Hbond substituents is 1. The Kier molecular flexibility index (Phi) is 5.77. The molecule has 0 amide bonds. The molecule has 1 saturated heterocycles. The number of hydrogen-bond acceptors (Lipinski definition) is 5. The molecule has 1 aromatic rings. The molecular weight excluding hydrogens is 416 g/mol. The number of aliphatic hydroxyl groups excluding tert-OH is 1. The number of ether oxygens (including phenoxy) is 2. The van der Waals surface area contributed by atoms with Gasteiger partial charge in [-0.2, -0.15) is 0 Å². The predicted molar refractivity (Wildman–Crippen MR) is 129 cm³/mol.